The molecule has 0 spiro atoms. The summed E-state index contributed by atoms with van der Waals surface area (Å²) in [5.74, 6) is -0.417. The fourth-order valence-electron chi connectivity index (χ4n) is 2.53. The second kappa shape index (κ2) is 5.07. The molecule has 1 N–H and O–H groups in total. The van der Waals surface area contributed by atoms with E-state index < -0.39 is 0 Å². The molecule has 2 aromatic carbocycles. The average Bonchev–Trinajstić information content (AvgIpc) is 2.75. The molecule has 1 unspecified atom stereocenters. The summed E-state index contributed by atoms with van der Waals surface area (Å²) in [6.07, 6.45) is 1.81. The lowest BCUT2D eigenvalue weighted by Gasteiger charge is -2.16. The van der Waals surface area contributed by atoms with Gasteiger partial charge in [0.1, 0.15) is 11.6 Å². The third-order valence-corrected chi connectivity index (χ3v) is 4.34. The lowest BCUT2D eigenvalue weighted by Crippen LogP contribution is -2.08. The van der Waals surface area contributed by atoms with Gasteiger partial charge in [0.2, 0.25) is 0 Å². The Bertz CT molecular complexity index is 628. The second-order valence-corrected chi connectivity index (χ2v) is 5.87. The third kappa shape index (κ3) is 2.59. The zero-order valence-electron chi connectivity index (χ0n) is 10.1. The van der Waals surface area contributed by atoms with Gasteiger partial charge in [-0.15, -0.1) is 0 Å². The largest absolute Gasteiger partial charge is 0.377 e. The van der Waals surface area contributed by atoms with E-state index in [4.69, 9.17) is 0 Å². The molecule has 1 aliphatic carbocycles. The second-order valence-electron chi connectivity index (χ2n) is 4.70. The van der Waals surface area contributed by atoms with Crippen molar-refractivity contribution in [1.29, 1.82) is 0 Å². The van der Waals surface area contributed by atoms with Crippen LogP contribution in [0.2, 0.25) is 0 Å². The molecule has 3 rings (SSSR count). The van der Waals surface area contributed by atoms with Crippen LogP contribution in [0.5, 0.6) is 0 Å². The summed E-state index contributed by atoms with van der Waals surface area (Å²) < 4.78 is 27.1. The topological polar surface area (TPSA) is 12.0 Å². The van der Waals surface area contributed by atoms with Gasteiger partial charge in [0, 0.05) is 9.26 Å². The number of hydrogen-bond acceptors (Lipinski definition) is 1. The highest BCUT2D eigenvalue weighted by atomic mass is 127. The predicted molar refractivity (Wildman–Crippen MR) is 80.2 cm³/mol. The van der Waals surface area contributed by atoms with Crippen LogP contribution < -0.4 is 5.32 Å². The molecular formula is C15H12F2IN. The summed E-state index contributed by atoms with van der Waals surface area (Å²) in [6.45, 7) is 0. The van der Waals surface area contributed by atoms with Crippen LogP contribution in [0.4, 0.5) is 14.5 Å². The molecule has 0 saturated carbocycles. The molecule has 19 heavy (non-hydrogen) atoms. The molecule has 0 amide bonds. The van der Waals surface area contributed by atoms with Crippen molar-refractivity contribution in [3.8, 4) is 0 Å². The van der Waals surface area contributed by atoms with E-state index in [1.165, 1.54) is 18.2 Å². The number of anilines is 1. The van der Waals surface area contributed by atoms with E-state index in [0.29, 0.717) is 0 Å². The smallest absolute Gasteiger partial charge is 0.124 e. The summed E-state index contributed by atoms with van der Waals surface area (Å²) in [6, 6.07) is 9.81. The first-order chi connectivity index (χ1) is 9.13. The van der Waals surface area contributed by atoms with Crippen molar-refractivity contribution in [2.75, 3.05) is 5.32 Å². The van der Waals surface area contributed by atoms with Gasteiger partial charge in [0.25, 0.3) is 0 Å². The number of rotatable bonds is 2. The summed E-state index contributed by atoms with van der Waals surface area (Å²) in [5.41, 5.74) is 3.13. The van der Waals surface area contributed by atoms with Crippen molar-refractivity contribution in [1.82, 2.24) is 0 Å². The molecule has 1 nitrogen and oxygen atoms in total. The Hall–Kier alpha value is -1.17. The monoisotopic (exact) mass is 371 g/mol. The van der Waals surface area contributed by atoms with Crippen molar-refractivity contribution in [3.63, 3.8) is 0 Å². The average molecular weight is 371 g/mol. The first-order valence-corrected chi connectivity index (χ1v) is 7.21. The van der Waals surface area contributed by atoms with Gasteiger partial charge in [0.05, 0.1) is 6.04 Å². The molecule has 0 saturated heterocycles. The Balaban J connectivity index is 1.86. The van der Waals surface area contributed by atoms with Crippen molar-refractivity contribution in [3.05, 3.63) is 62.7 Å². The van der Waals surface area contributed by atoms with Gasteiger partial charge < -0.3 is 5.32 Å². The number of benzene rings is 2. The number of halogens is 3. The van der Waals surface area contributed by atoms with E-state index in [2.05, 4.69) is 27.9 Å². The van der Waals surface area contributed by atoms with Gasteiger partial charge >= 0.3 is 0 Å². The highest BCUT2D eigenvalue weighted by molar-refractivity contribution is 14.1. The first kappa shape index (κ1) is 12.8. The Kier molecular flexibility index (Phi) is 3.43. The van der Waals surface area contributed by atoms with Crippen LogP contribution in [0.25, 0.3) is 0 Å². The van der Waals surface area contributed by atoms with E-state index in [0.717, 1.165) is 33.2 Å². The summed E-state index contributed by atoms with van der Waals surface area (Å²) in [4.78, 5) is 0. The molecule has 98 valence electrons. The Morgan fingerprint density at radius 3 is 2.58 bits per heavy atom. The highest BCUT2D eigenvalue weighted by Crippen LogP contribution is 2.35. The van der Waals surface area contributed by atoms with Crippen LogP contribution in [0.3, 0.4) is 0 Å². The minimum absolute atomic E-state index is 0.176. The quantitative estimate of drug-likeness (QED) is 0.757. The molecule has 0 aliphatic heterocycles. The molecule has 1 aliphatic rings. The van der Waals surface area contributed by atoms with Crippen LogP contribution in [0.1, 0.15) is 23.6 Å². The van der Waals surface area contributed by atoms with Crippen molar-refractivity contribution < 1.29 is 8.78 Å². The minimum atomic E-state index is -0.233. The fraction of sp³-hybridized carbons (Fsp3) is 0.200. The van der Waals surface area contributed by atoms with Crippen molar-refractivity contribution in [2.24, 2.45) is 0 Å². The number of fused-ring (bicyclic) bond motifs is 1. The summed E-state index contributed by atoms with van der Waals surface area (Å²) in [7, 11) is 0. The normalized spacial score (nSPS) is 17.3. The Morgan fingerprint density at radius 2 is 1.79 bits per heavy atom. The van der Waals surface area contributed by atoms with Crippen molar-refractivity contribution in [2.45, 2.75) is 18.9 Å². The molecule has 2 aromatic rings. The lowest BCUT2D eigenvalue weighted by molar-refractivity contribution is 0.625. The van der Waals surface area contributed by atoms with Gasteiger partial charge in [0.15, 0.2) is 0 Å². The van der Waals surface area contributed by atoms with Crippen LogP contribution >= 0.6 is 22.6 Å². The zero-order chi connectivity index (χ0) is 13.4. The number of nitrogens with one attached hydrogen (secondary N) is 1. The first-order valence-electron chi connectivity index (χ1n) is 6.13. The van der Waals surface area contributed by atoms with E-state index in [1.807, 2.05) is 6.07 Å². The summed E-state index contributed by atoms with van der Waals surface area (Å²) >= 11 is 2.11. The van der Waals surface area contributed by atoms with E-state index in [9.17, 15) is 8.78 Å². The maximum Gasteiger partial charge on any atom is 0.124 e. The molecule has 0 fully saturated rings. The lowest BCUT2D eigenvalue weighted by atomic mass is 10.1. The van der Waals surface area contributed by atoms with Gasteiger partial charge in [-0.2, -0.15) is 0 Å². The fourth-order valence-corrected chi connectivity index (χ4v) is 3.16. The molecular weight excluding hydrogens is 359 g/mol. The van der Waals surface area contributed by atoms with Gasteiger partial charge in [-0.3, -0.25) is 0 Å². The van der Waals surface area contributed by atoms with Crippen LogP contribution in [0.15, 0.2) is 36.4 Å². The molecule has 4 heteroatoms. The van der Waals surface area contributed by atoms with Gasteiger partial charge in [-0.05, 0) is 76.9 Å². The van der Waals surface area contributed by atoms with Crippen LogP contribution in [-0.2, 0) is 6.42 Å². The predicted octanol–water partition coefficient (Wildman–Crippen LogP) is 4.67. The summed E-state index contributed by atoms with van der Waals surface area (Å²) in [5, 5.41) is 3.42. The van der Waals surface area contributed by atoms with Crippen LogP contribution in [0, 0.1) is 15.2 Å². The number of hydrogen-bond donors (Lipinski definition) is 1. The number of aryl methyl sites for hydroxylation is 1. The SMILES string of the molecule is Fc1ccc(NC2CCc3cc(F)ccc32)c(I)c1. The standard InChI is InChI=1S/C15H12F2IN/c16-10-2-4-12-9(7-10)1-5-14(12)19-15-6-3-11(17)8-13(15)18/h2-4,6-8,14,19H,1,5H2. The van der Waals surface area contributed by atoms with Crippen molar-refractivity contribution >= 4 is 28.3 Å². The molecule has 0 heterocycles. The molecule has 1 atom stereocenters. The van der Waals surface area contributed by atoms with E-state index in [-0.39, 0.29) is 17.7 Å². The third-order valence-electron chi connectivity index (χ3n) is 3.44. The maximum atomic E-state index is 13.2. The molecule has 0 radical (unpaired) electrons. The van der Waals surface area contributed by atoms with E-state index >= 15 is 0 Å². The zero-order valence-corrected chi connectivity index (χ0v) is 12.2. The Morgan fingerprint density at radius 1 is 1.05 bits per heavy atom. The molecule has 0 bridgehead atoms. The maximum absolute atomic E-state index is 13.2. The van der Waals surface area contributed by atoms with E-state index in [1.54, 1.807) is 12.1 Å². The highest BCUT2D eigenvalue weighted by Gasteiger charge is 2.23. The van der Waals surface area contributed by atoms with Crippen LogP contribution in [-0.4, -0.2) is 0 Å². The molecule has 0 aromatic heterocycles. The Labute approximate surface area is 124 Å². The van der Waals surface area contributed by atoms with Gasteiger partial charge in [-0.1, -0.05) is 6.07 Å². The van der Waals surface area contributed by atoms with Gasteiger partial charge in [-0.25, -0.2) is 8.78 Å². The minimum Gasteiger partial charge on any atom is -0.377 e.